The lowest BCUT2D eigenvalue weighted by molar-refractivity contribution is -0.384. The summed E-state index contributed by atoms with van der Waals surface area (Å²) in [4.78, 5) is 27.8. The van der Waals surface area contributed by atoms with Gasteiger partial charge in [-0.3, -0.25) is 14.9 Å². The highest BCUT2D eigenvalue weighted by molar-refractivity contribution is 5.86. The van der Waals surface area contributed by atoms with Gasteiger partial charge in [-0.05, 0) is 19.4 Å². The van der Waals surface area contributed by atoms with Crippen LogP contribution in [0.25, 0.3) is 0 Å². The lowest BCUT2D eigenvalue weighted by atomic mass is 10.2. The Morgan fingerprint density at radius 3 is 2.89 bits per heavy atom. The third-order valence-corrected chi connectivity index (χ3v) is 3.05. The van der Waals surface area contributed by atoms with Crippen LogP contribution in [0.3, 0.4) is 0 Å². The second-order valence-corrected chi connectivity index (χ2v) is 4.33. The van der Waals surface area contributed by atoms with E-state index in [1.165, 1.54) is 6.20 Å². The molecule has 1 atom stereocenters. The predicted molar refractivity (Wildman–Crippen MR) is 65.3 cm³/mol. The predicted octanol–water partition coefficient (Wildman–Crippen LogP) is 0.941. The van der Waals surface area contributed by atoms with Crippen molar-refractivity contribution in [1.82, 2.24) is 9.88 Å². The van der Waals surface area contributed by atoms with E-state index in [0.29, 0.717) is 18.5 Å². The Hall–Kier alpha value is -2.18. The van der Waals surface area contributed by atoms with Crippen molar-refractivity contribution in [3.8, 4) is 0 Å². The second-order valence-electron chi connectivity index (χ2n) is 4.33. The smallest absolute Gasteiger partial charge is 0.314 e. The van der Waals surface area contributed by atoms with Crippen molar-refractivity contribution in [2.45, 2.75) is 19.4 Å². The maximum atomic E-state index is 11.7. The average molecular weight is 250 g/mol. The van der Waals surface area contributed by atoms with Crippen molar-refractivity contribution in [2.24, 2.45) is 0 Å². The van der Waals surface area contributed by atoms with Crippen LogP contribution in [0.15, 0.2) is 12.3 Å². The molecule has 1 aromatic heterocycles. The Morgan fingerprint density at radius 1 is 1.61 bits per heavy atom. The number of nitrogens with zero attached hydrogens (tertiary/aromatic N) is 3. The summed E-state index contributed by atoms with van der Waals surface area (Å²) in [5.74, 6) is 0.0984. The zero-order valence-corrected chi connectivity index (χ0v) is 10.2. The highest BCUT2D eigenvalue weighted by atomic mass is 16.6. The number of carbonyl (C=O) groups is 1. The maximum Gasteiger partial charge on any atom is 0.314 e. The van der Waals surface area contributed by atoms with Crippen LogP contribution in [0.4, 0.5) is 11.5 Å². The molecule has 2 heterocycles. The highest BCUT2D eigenvalue weighted by Gasteiger charge is 2.31. The van der Waals surface area contributed by atoms with Crippen LogP contribution in [0.2, 0.25) is 0 Å². The number of amides is 1. The van der Waals surface area contributed by atoms with E-state index in [4.69, 9.17) is 0 Å². The number of nitrogens with one attached hydrogen (secondary N) is 1. The molecule has 96 valence electrons. The molecule has 1 fully saturated rings. The molecule has 7 nitrogen and oxygen atoms in total. The van der Waals surface area contributed by atoms with Crippen LogP contribution in [0.1, 0.15) is 12.0 Å². The number of anilines is 1. The average Bonchev–Trinajstić information content (AvgIpc) is 2.60. The largest absolute Gasteiger partial charge is 0.353 e. The minimum atomic E-state index is -0.478. The number of likely N-dealkylation sites (N-methyl/N-ethyl adjacent to an activating group) is 1. The molecule has 0 spiro atoms. The molecule has 1 saturated heterocycles. The van der Waals surface area contributed by atoms with Crippen molar-refractivity contribution < 1.29 is 9.72 Å². The van der Waals surface area contributed by atoms with Gasteiger partial charge in [0.05, 0.1) is 4.92 Å². The molecule has 1 N–H and O–H groups in total. The van der Waals surface area contributed by atoms with Gasteiger partial charge in [0, 0.05) is 25.4 Å². The number of hydrogen-bond acceptors (Lipinski definition) is 5. The molecule has 0 bridgehead atoms. The number of nitro groups is 1. The van der Waals surface area contributed by atoms with Crippen molar-refractivity contribution >= 4 is 17.4 Å². The lowest BCUT2D eigenvalue weighted by Crippen LogP contribution is -2.31. The molecule has 0 aliphatic carbocycles. The first-order valence-electron chi connectivity index (χ1n) is 5.62. The SMILES string of the molecule is Cc1ccnc(NC2CCN(C)C2=O)c1[N+](=O)[O-]. The molecular weight excluding hydrogens is 236 g/mol. The van der Waals surface area contributed by atoms with E-state index in [1.807, 2.05) is 0 Å². The van der Waals surface area contributed by atoms with Crippen LogP contribution in [-0.4, -0.2) is 40.3 Å². The van der Waals surface area contributed by atoms with Crippen LogP contribution < -0.4 is 5.32 Å². The van der Waals surface area contributed by atoms with Crippen molar-refractivity contribution in [1.29, 1.82) is 0 Å². The monoisotopic (exact) mass is 250 g/mol. The Balaban J connectivity index is 2.27. The van der Waals surface area contributed by atoms with Gasteiger partial charge < -0.3 is 10.2 Å². The molecule has 7 heteroatoms. The third kappa shape index (κ3) is 2.11. The Bertz CT molecular complexity index is 503. The van der Waals surface area contributed by atoms with Crippen LogP contribution in [-0.2, 0) is 4.79 Å². The molecule has 1 amide bonds. The molecule has 1 aliphatic rings. The minimum absolute atomic E-state index is 0.0624. The third-order valence-electron chi connectivity index (χ3n) is 3.05. The fourth-order valence-corrected chi connectivity index (χ4v) is 2.01. The highest BCUT2D eigenvalue weighted by Crippen LogP contribution is 2.27. The van der Waals surface area contributed by atoms with Gasteiger partial charge in [0.25, 0.3) is 0 Å². The van der Waals surface area contributed by atoms with E-state index in [1.54, 1.807) is 24.9 Å². The van der Waals surface area contributed by atoms with Crippen molar-refractivity contribution in [3.05, 3.63) is 27.9 Å². The summed E-state index contributed by atoms with van der Waals surface area (Å²) in [6.45, 7) is 2.30. The normalized spacial score (nSPS) is 19.1. The molecule has 18 heavy (non-hydrogen) atoms. The van der Waals surface area contributed by atoms with Gasteiger partial charge in [-0.25, -0.2) is 4.98 Å². The molecular formula is C11H14N4O3. The topological polar surface area (TPSA) is 88.4 Å². The Kier molecular flexibility index (Phi) is 3.14. The van der Waals surface area contributed by atoms with Crippen LogP contribution in [0.5, 0.6) is 0 Å². The second kappa shape index (κ2) is 4.59. The zero-order valence-electron chi connectivity index (χ0n) is 10.2. The molecule has 1 aliphatic heterocycles. The van der Waals surface area contributed by atoms with Gasteiger partial charge in [-0.2, -0.15) is 0 Å². The first-order chi connectivity index (χ1) is 8.50. The van der Waals surface area contributed by atoms with E-state index in [9.17, 15) is 14.9 Å². The van der Waals surface area contributed by atoms with E-state index in [0.717, 1.165) is 0 Å². The number of pyridine rings is 1. The number of rotatable bonds is 3. The van der Waals surface area contributed by atoms with E-state index in [-0.39, 0.29) is 17.4 Å². The summed E-state index contributed by atoms with van der Waals surface area (Å²) in [5.41, 5.74) is 0.455. The standard InChI is InChI=1S/C11H14N4O3/c1-7-3-5-12-10(9(7)15(17)18)13-8-4-6-14(2)11(8)16/h3,5,8H,4,6H2,1-2H3,(H,12,13). The quantitative estimate of drug-likeness (QED) is 0.637. The number of hydrogen-bond donors (Lipinski definition) is 1. The molecule has 0 aromatic carbocycles. The summed E-state index contributed by atoms with van der Waals surface area (Å²) in [7, 11) is 1.71. The fourth-order valence-electron chi connectivity index (χ4n) is 2.01. The molecule has 0 radical (unpaired) electrons. The molecule has 0 saturated carbocycles. The number of carbonyl (C=O) groups excluding carboxylic acids is 1. The van der Waals surface area contributed by atoms with E-state index in [2.05, 4.69) is 10.3 Å². The van der Waals surface area contributed by atoms with E-state index < -0.39 is 11.0 Å². The first-order valence-corrected chi connectivity index (χ1v) is 5.62. The summed E-state index contributed by atoms with van der Waals surface area (Å²) in [5, 5.41) is 13.9. The Labute approximate surface area is 104 Å². The minimum Gasteiger partial charge on any atom is -0.353 e. The number of aryl methyl sites for hydroxylation is 1. The molecule has 1 aromatic rings. The van der Waals surface area contributed by atoms with Gasteiger partial charge in [0.2, 0.25) is 11.7 Å². The summed E-state index contributed by atoms with van der Waals surface area (Å²) in [6, 6.07) is 1.15. The summed E-state index contributed by atoms with van der Waals surface area (Å²) < 4.78 is 0. The van der Waals surface area contributed by atoms with Gasteiger partial charge in [0.15, 0.2) is 0 Å². The lowest BCUT2D eigenvalue weighted by Gasteiger charge is -2.13. The number of aromatic nitrogens is 1. The Morgan fingerprint density at radius 2 is 2.33 bits per heavy atom. The first kappa shape index (κ1) is 12.3. The van der Waals surface area contributed by atoms with Crippen LogP contribution >= 0.6 is 0 Å². The van der Waals surface area contributed by atoms with Gasteiger partial charge in [-0.1, -0.05) is 0 Å². The molecule has 1 unspecified atom stereocenters. The summed E-state index contributed by atoms with van der Waals surface area (Å²) in [6.07, 6.45) is 2.12. The maximum absolute atomic E-state index is 11.7. The van der Waals surface area contributed by atoms with Crippen LogP contribution in [0, 0.1) is 17.0 Å². The van der Waals surface area contributed by atoms with Crippen molar-refractivity contribution in [3.63, 3.8) is 0 Å². The van der Waals surface area contributed by atoms with E-state index >= 15 is 0 Å². The van der Waals surface area contributed by atoms with Gasteiger partial charge >= 0.3 is 5.69 Å². The fraction of sp³-hybridized carbons (Fsp3) is 0.455. The molecule has 2 rings (SSSR count). The van der Waals surface area contributed by atoms with Crippen molar-refractivity contribution in [2.75, 3.05) is 18.9 Å². The van der Waals surface area contributed by atoms with Gasteiger partial charge in [0.1, 0.15) is 6.04 Å². The van der Waals surface area contributed by atoms with Gasteiger partial charge in [-0.15, -0.1) is 0 Å². The summed E-state index contributed by atoms with van der Waals surface area (Å²) >= 11 is 0. The zero-order chi connectivity index (χ0) is 13.3. The number of likely N-dealkylation sites (tertiary alicyclic amines) is 1.